The molecule has 2 aliphatic rings. The average Bonchev–Trinajstić information content (AvgIpc) is 3.23. The van der Waals surface area contributed by atoms with Gasteiger partial charge in [-0.25, -0.2) is 0 Å². The Labute approximate surface area is 119 Å². The van der Waals surface area contributed by atoms with Gasteiger partial charge in [0.2, 0.25) is 0 Å². The van der Waals surface area contributed by atoms with Gasteiger partial charge in [-0.1, -0.05) is 24.3 Å². The molecule has 1 unspecified atom stereocenters. The van der Waals surface area contributed by atoms with Gasteiger partial charge in [0.15, 0.2) is 0 Å². The normalized spacial score (nSPS) is 23.7. The minimum atomic E-state index is -0.786. The molecular formula is C16H21NO3. The molecule has 1 heterocycles. The van der Waals surface area contributed by atoms with Gasteiger partial charge < -0.3 is 9.84 Å². The number of benzene rings is 1. The highest BCUT2D eigenvalue weighted by Gasteiger charge is 2.24. The van der Waals surface area contributed by atoms with E-state index in [1.165, 1.54) is 24.0 Å². The molecule has 0 spiro atoms. The molecule has 1 N–H and O–H groups in total. The molecule has 2 fully saturated rings. The fourth-order valence-corrected chi connectivity index (χ4v) is 2.81. The van der Waals surface area contributed by atoms with Crippen LogP contribution in [-0.4, -0.2) is 41.8 Å². The Morgan fingerprint density at radius 1 is 1.30 bits per heavy atom. The van der Waals surface area contributed by atoms with Gasteiger partial charge in [0.25, 0.3) is 0 Å². The van der Waals surface area contributed by atoms with Gasteiger partial charge in [-0.15, -0.1) is 0 Å². The number of ether oxygens (including phenoxy) is 1. The van der Waals surface area contributed by atoms with E-state index in [9.17, 15) is 4.79 Å². The van der Waals surface area contributed by atoms with Gasteiger partial charge in [0.05, 0.1) is 19.1 Å². The van der Waals surface area contributed by atoms with E-state index in [0.29, 0.717) is 13.2 Å². The monoisotopic (exact) mass is 275 g/mol. The maximum atomic E-state index is 10.7. The minimum Gasteiger partial charge on any atom is -0.481 e. The minimum absolute atomic E-state index is 0.0944. The lowest BCUT2D eigenvalue weighted by molar-refractivity contribution is -0.142. The van der Waals surface area contributed by atoms with Crippen molar-refractivity contribution in [3.63, 3.8) is 0 Å². The predicted molar refractivity (Wildman–Crippen MR) is 75.7 cm³/mol. The van der Waals surface area contributed by atoms with Gasteiger partial charge >= 0.3 is 5.97 Å². The Morgan fingerprint density at radius 3 is 2.70 bits per heavy atom. The van der Waals surface area contributed by atoms with Crippen LogP contribution in [0.5, 0.6) is 0 Å². The largest absolute Gasteiger partial charge is 0.481 e. The van der Waals surface area contributed by atoms with Gasteiger partial charge in [0.1, 0.15) is 0 Å². The topological polar surface area (TPSA) is 49.8 Å². The Kier molecular flexibility index (Phi) is 4.03. The molecule has 108 valence electrons. The van der Waals surface area contributed by atoms with E-state index >= 15 is 0 Å². The molecule has 0 aromatic heterocycles. The van der Waals surface area contributed by atoms with Crippen molar-refractivity contribution in [3.8, 4) is 0 Å². The summed E-state index contributed by atoms with van der Waals surface area (Å²) in [7, 11) is 0. The second-order valence-corrected chi connectivity index (χ2v) is 5.84. The number of hydrogen-bond acceptors (Lipinski definition) is 3. The molecule has 1 saturated heterocycles. The molecule has 4 nitrogen and oxygen atoms in total. The van der Waals surface area contributed by atoms with E-state index in [1.807, 2.05) is 0 Å². The summed E-state index contributed by atoms with van der Waals surface area (Å²) in [4.78, 5) is 13.0. The number of rotatable bonds is 5. The van der Waals surface area contributed by atoms with Crippen molar-refractivity contribution < 1.29 is 14.6 Å². The van der Waals surface area contributed by atoms with E-state index in [2.05, 4.69) is 29.2 Å². The standard InChI is InChI=1S/C16H21NO3/c18-16(19)9-15-11-17(7-8-20-15)10-12-1-3-13(4-2-12)14-5-6-14/h1-4,14-15H,5-11H2,(H,18,19). The van der Waals surface area contributed by atoms with Crippen molar-refractivity contribution in [2.45, 2.75) is 37.8 Å². The van der Waals surface area contributed by atoms with Crippen LogP contribution in [0.4, 0.5) is 0 Å². The maximum absolute atomic E-state index is 10.7. The van der Waals surface area contributed by atoms with Crippen LogP contribution in [0.25, 0.3) is 0 Å². The van der Waals surface area contributed by atoms with Crippen molar-refractivity contribution >= 4 is 5.97 Å². The first-order valence-corrected chi connectivity index (χ1v) is 7.35. The van der Waals surface area contributed by atoms with Crippen LogP contribution in [0.3, 0.4) is 0 Å². The molecule has 1 aromatic rings. The molecule has 1 atom stereocenters. The van der Waals surface area contributed by atoms with Crippen molar-refractivity contribution in [3.05, 3.63) is 35.4 Å². The summed E-state index contributed by atoms with van der Waals surface area (Å²) in [6, 6.07) is 8.88. The van der Waals surface area contributed by atoms with Gasteiger partial charge in [0, 0.05) is 19.6 Å². The molecule has 1 aromatic carbocycles. The molecule has 20 heavy (non-hydrogen) atoms. The Hall–Kier alpha value is -1.39. The summed E-state index contributed by atoms with van der Waals surface area (Å²) in [5.41, 5.74) is 2.75. The molecule has 1 aliphatic carbocycles. The summed E-state index contributed by atoms with van der Waals surface area (Å²) >= 11 is 0. The summed E-state index contributed by atoms with van der Waals surface area (Å²) in [5, 5.41) is 8.83. The number of carboxylic acids is 1. The fraction of sp³-hybridized carbons (Fsp3) is 0.562. The number of carboxylic acid groups (broad SMARTS) is 1. The van der Waals surface area contributed by atoms with Crippen LogP contribution >= 0.6 is 0 Å². The van der Waals surface area contributed by atoms with E-state index in [4.69, 9.17) is 9.84 Å². The molecule has 0 amide bonds. The van der Waals surface area contributed by atoms with Crippen LogP contribution in [-0.2, 0) is 16.1 Å². The zero-order valence-electron chi connectivity index (χ0n) is 11.6. The first-order chi connectivity index (χ1) is 9.70. The Balaban J connectivity index is 1.54. The molecular weight excluding hydrogens is 254 g/mol. The summed E-state index contributed by atoms with van der Waals surface area (Å²) in [6.45, 7) is 3.08. The highest BCUT2D eigenvalue weighted by Crippen LogP contribution is 2.39. The zero-order valence-corrected chi connectivity index (χ0v) is 11.6. The summed E-state index contributed by atoms with van der Waals surface area (Å²) in [6.07, 6.45) is 2.59. The lowest BCUT2D eigenvalue weighted by Crippen LogP contribution is -2.42. The molecule has 1 aliphatic heterocycles. The quantitative estimate of drug-likeness (QED) is 0.895. The third-order valence-corrected chi connectivity index (χ3v) is 4.06. The second kappa shape index (κ2) is 5.94. The van der Waals surface area contributed by atoms with Crippen LogP contribution in [0.15, 0.2) is 24.3 Å². The van der Waals surface area contributed by atoms with Crippen LogP contribution in [0, 0.1) is 0 Å². The molecule has 4 heteroatoms. The SMILES string of the molecule is O=C(O)CC1CN(Cc2ccc(C3CC3)cc2)CCO1. The van der Waals surface area contributed by atoms with Crippen LogP contribution in [0.2, 0.25) is 0 Å². The summed E-state index contributed by atoms with van der Waals surface area (Å²) in [5.74, 6) is 0.0121. The van der Waals surface area contributed by atoms with Gasteiger partial charge in [-0.2, -0.15) is 0 Å². The highest BCUT2D eigenvalue weighted by molar-refractivity contribution is 5.67. The molecule has 1 saturated carbocycles. The van der Waals surface area contributed by atoms with Crippen LogP contribution < -0.4 is 0 Å². The smallest absolute Gasteiger partial charge is 0.306 e. The van der Waals surface area contributed by atoms with Crippen molar-refractivity contribution in [2.24, 2.45) is 0 Å². The van der Waals surface area contributed by atoms with Crippen molar-refractivity contribution in [1.29, 1.82) is 0 Å². The Morgan fingerprint density at radius 2 is 2.05 bits per heavy atom. The first kappa shape index (κ1) is 13.6. The lowest BCUT2D eigenvalue weighted by Gasteiger charge is -2.32. The number of morpholine rings is 1. The highest BCUT2D eigenvalue weighted by atomic mass is 16.5. The predicted octanol–water partition coefficient (Wildman–Crippen LogP) is 2.24. The Bertz CT molecular complexity index is 467. The first-order valence-electron chi connectivity index (χ1n) is 7.35. The molecule has 0 radical (unpaired) electrons. The number of nitrogens with zero attached hydrogens (tertiary/aromatic N) is 1. The van der Waals surface area contributed by atoms with Crippen LogP contribution in [0.1, 0.15) is 36.3 Å². The molecule has 0 bridgehead atoms. The average molecular weight is 275 g/mol. The van der Waals surface area contributed by atoms with E-state index in [0.717, 1.165) is 19.0 Å². The number of aliphatic carboxylic acids is 1. The zero-order chi connectivity index (χ0) is 13.9. The van der Waals surface area contributed by atoms with Gasteiger partial charge in [-0.05, 0) is 29.9 Å². The lowest BCUT2D eigenvalue weighted by atomic mass is 10.1. The third-order valence-electron chi connectivity index (χ3n) is 4.06. The number of hydrogen-bond donors (Lipinski definition) is 1. The van der Waals surface area contributed by atoms with E-state index in [1.54, 1.807) is 0 Å². The van der Waals surface area contributed by atoms with E-state index in [-0.39, 0.29) is 12.5 Å². The fourth-order valence-electron chi connectivity index (χ4n) is 2.81. The summed E-state index contributed by atoms with van der Waals surface area (Å²) < 4.78 is 5.49. The van der Waals surface area contributed by atoms with Crippen molar-refractivity contribution in [1.82, 2.24) is 4.90 Å². The van der Waals surface area contributed by atoms with Crippen molar-refractivity contribution in [2.75, 3.05) is 19.7 Å². The third kappa shape index (κ3) is 3.58. The molecule has 3 rings (SSSR count). The van der Waals surface area contributed by atoms with Gasteiger partial charge in [-0.3, -0.25) is 9.69 Å². The maximum Gasteiger partial charge on any atom is 0.306 e. The number of carbonyl (C=O) groups is 1. The van der Waals surface area contributed by atoms with E-state index < -0.39 is 5.97 Å². The second-order valence-electron chi connectivity index (χ2n) is 5.84.